The van der Waals surface area contributed by atoms with Crippen LogP contribution in [0.5, 0.6) is 0 Å². The van der Waals surface area contributed by atoms with Crippen molar-refractivity contribution in [1.82, 2.24) is 0 Å². The lowest BCUT2D eigenvalue weighted by Gasteiger charge is -2.17. The number of nitrogen functional groups attached to an aromatic ring is 1. The zero-order valence-corrected chi connectivity index (χ0v) is 13.7. The van der Waals surface area contributed by atoms with Crippen LogP contribution in [0.3, 0.4) is 0 Å². The summed E-state index contributed by atoms with van der Waals surface area (Å²) in [5, 5.41) is 7.84. The number of benzene rings is 2. The lowest BCUT2D eigenvalue weighted by Crippen LogP contribution is -2.22. The second-order valence-electron chi connectivity index (χ2n) is 5.44. The molecule has 5 heteroatoms. The fraction of sp³-hybridized carbons (Fsp3) is 0.235. The van der Waals surface area contributed by atoms with Crippen LogP contribution in [0.4, 0.5) is 11.4 Å². The molecule has 5 N–H and O–H groups in total. The molecule has 0 aliphatic carbocycles. The van der Waals surface area contributed by atoms with Gasteiger partial charge in [0, 0.05) is 31.4 Å². The summed E-state index contributed by atoms with van der Waals surface area (Å²) in [6, 6.07) is 15.9. The summed E-state index contributed by atoms with van der Waals surface area (Å²) in [5.41, 5.74) is 15.6. The van der Waals surface area contributed by atoms with Crippen molar-refractivity contribution in [3.63, 3.8) is 0 Å². The van der Waals surface area contributed by atoms with Crippen LogP contribution in [0.2, 0.25) is 0 Å². The van der Waals surface area contributed by atoms with Crippen molar-refractivity contribution in [2.24, 2.45) is 5.73 Å². The normalized spacial score (nSPS) is 11.4. The standard InChI is InChI=1S/C17H22N4.ClH/c1-21(2)15-9-3-12(4-10-15)11-16(17(19)20)13-5-7-14(18)8-6-13;/h3-10,16H,11,18H2,1-2H3,(H3,19,20);1H. The second-order valence-corrected chi connectivity index (χ2v) is 5.44. The van der Waals surface area contributed by atoms with Crippen LogP contribution in [-0.4, -0.2) is 19.9 Å². The van der Waals surface area contributed by atoms with Gasteiger partial charge in [-0.2, -0.15) is 0 Å². The lowest BCUT2D eigenvalue weighted by molar-refractivity contribution is 0.861. The molecule has 0 radical (unpaired) electrons. The molecule has 0 saturated heterocycles. The predicted molar refractivity (Wildman–Crippen MR) is 97.2 cm³/mol. The van der Waals surface area contributed by atoms with Gasteiger partial charge in [0.1, 0.15) is 0 Å². The van der Waals surface area contributed by atoms with Gasteiger partial charge in [0.15, 0.2) is 0 Å². The summed E-state index contributed by atoms with van der Waals surface area (Å²) in [4.78, 5) is 2.06. The Kier molecular flexibility index (Phi) is 6.25. The predicted octanol–water partition coefficient (Wildman–Crippen LogP) is 3.02. The highest BCUT2D eigenvalue weighted by atomic mass is 35.5. The minimum Gasteiger partial charge on any atom is -0.399 e. The van der Waals surface area contributed by atoms with Gasteiger partial charge in [0.2, 0.25) is 0 Å². The van der Waals surface area contributed by atoms with E-state index in [4.69, 9.17) is 16.9 Å². The number of anilines is 2. The van der Waals surface area contributed by atoms with Gasteiger partial charge in [-0.15, -0.1) is 12.4 Å². The molecule has 0 saturated carbocycles. The Labute approximate surface area is 138 Å². The summed E-state index contributed by atoms with van der Waals surface area (Å²) >= 11 is 0. The number of hydrogen-bond acceptors (Lipinski definition) is 3. The quantitative estimate of drug-likeness (QED) is 0.450. The molecule has 0 amide bonds. The van der Waals surface area contributed by atoms with Crippen molar-refractivity contribution in [2.75, 3.05) is 24.7 Å². The third-order valence-electron chi connectivity index (χ3n) is 3.61. The highest BCUT2D eigenvalue weighted by Crippen LogP contribution is 2.23. The number of halogens is 1. The molecule has 0 fully saturated rings. The van der Waals surface area contributed by atoms with Crippen LogP contribution < -0.4 is 16.4 Å². The molecule has 2 aromatic rings. The van der Waals surface area contributed by atoms with Crippen molar-refractivity contribution < 1.29 is 0 Å². The van der Waals surface area contributed by atoms with Crippen LogP contribution in [-0.2, 0) is 6.42 Å². The van der Waals surface area contributed by atoms with E-state index < -0.39 is 0 Å². The molecule has 118 valence electrons. The van der Waals surface area contributed by atoms with Crippen LogP contribution in [0.25, 0.3) is 0 Å². The van der Waals surface area contributed by atoms with Crippen molar-refractivity contribution in [3.05, 3.63) is 59.7 Å². The minimum atomic E-state index is -0.115. The minimum absolute atomic E-state index is 0. The van der Waals surface area contributed by atoms with Crippen LogP contribution in [0, 0.1) is 5.41 Å². The van der Waals surface area contributed by atoms with E-state index in [1.54, 1.807) is 0 Å². The molecule has 0 heterocycles. The van der Waals surface area contributed by atoms with Gasteiger partial charge < -0.3 is 16.4 Å². The maximum absolute atomic E-state index is 7.84. The SMILES string of the molecule is CN(C)c1ccc(CC(C(=N)N)c2ccc(N)cc2)cc1.Cl. The lowest BCUT2D eigenvalue weighted by atomic mass is 9.91. The average Bonchev–Trinajstić information content (AvgIpc) is 2.46. The highest BCUT2D eigenvalue weighted by Gasteiger charge is 2.15. The number of rotatable bonds is 5. The van der Waals surface area contributed by atoms with E-state index in [9.17, 15) is 0 Å². The van der Waals surface area contributed by atoms with E-state index in [1.165, 1.54) is 0 Å². The van der Waals surface area contributed by atoms with E-state index in [0.717, 1.165) is 22.5 Å². The van der Waals surface area contributed by atoms with Gasteiger partial charge in [-0.1, -0.05) is 24.3 Å². The summed E-state index contributed by atoms with van der Waals surface area (Å²) in [7, 11) is 4.03. The van der Waals surface area contributed by atoms with E-state index in [0.29, 0.717) is 6.42 Å². The van der Waals surface area contributed by atoms with Crippen molar-refractivity contribution in [3.8, 4) is 0 Å². The number of hydrogen-bond donors (Lipinski definition) is 3. The summed E-state index contributed by atoms with van der Waals surface area (Å²) in [5.74, 6) is 0.0623. The number of nitrogens with one attached hydrogen (secondary N) is 1. The highest BCUT2D eigenvalue weighted by molar-refractivity contribution is 5.85. The van der Waals surface area contributed by atoms with Crippen LogP contribution in [0.15, 0.2) is 48.5 Å². The maximum atomic E-state index is 7.84. The first-order valence-corrected chi connectivity index (χ1v) is 6.93. The Morgan fingerprint density at radius 1 is 1.05 bits per heavy atom. The third-order valence-corrected chi connectivity index (χ3v) is 3.61. The van der Waals surface area contributed by atoms with Crippen LogP contribution >= 0.6 is 12.4 Å². The molecule has 0 bridgehead atoms. The molecule has 0 spiro atoms. The maximum Gasteiger partial charge on any atom is 0.0985 e. The second kappa shape index (κ2) is 7.71. The molecule has 0 aliphatic rings. The van der Waals surface area contributed by atoms with E-state index in [-0.39, 0.29) is 24.2 Å². The first kappa shape index (κ1) is 17.9. The monoisotopic (exact) mass is 318 g/mol. The van der Waals surface area contributed by atoms with Gasteiger partial charge >= 0.3 is 0 Å². The first-order valence-electron chi connectivity index (χ1n) is 6.93. The third kappa shape index (κ3) is 4.40. The molecule has 1 unspecified atom stereocenters. The molecular weight excluding hydrogens is 296 g/mol. The smallest absolute Gasteiger partial charge is 0.0985 e. The van der Waals surface area contributed by atoms with Gasteiger partial charge in [-0.05, 0) is 41.8 Å². The molecule has 2 rings (SSSR count). The van der Waals surface area contributed by atoms with Gasteiger partial charge in [0.05, 0.1) is 5.84 Å². The van der Waals surface area contributed by atoms with Crippen LogP contribution in [0.1, 0.15) is 17.0 Å². The molecule has 2 aromatic carbocycles. The largest absolute Gasteiger partial charge is 0.399 e. The Balaban J connectivity index is 0.00000242. The Morgan fingerprint density at radius 2 is 1.59 bits per heavy atom. The van der Waals surface area contributed by atoms with Gasteiger partial charge in [-0.3, -0.25) is 5.41 Å². The zero-order chi connectivity index (χ0) is 15.4. The van der Waals surface area contributed by atoms with E-state index in [1.807, 2.05) is 38.4 Å². The number of amidine groups is 1. The van der Waals surface area contributed by atoms with Gasteiger partial charge in [-0.25, -0.2) is 0 Å². The summed E-state index contributed by atoms with van der Waals surface area (Å²) < 4.78 is 0. The van der Waals surface area contributed by atoms with Gasteiger partial charge in [0.25, 0.3) is 0 Å². The molecule has 0 aliphatic heterocycles. The topological polar surface area (TPSA) is 79.1 Å². The molecule has 0 aromatic heterocycles. The molecular formula is C17H23ClN4. The van der Waals surface area contributed by atoms with Crippen molar-refractivity contribution in [2.45, 2.75) is 12.3 Å². The summed E-state index contributed by atoms with van der Waals surface area (Å²) in [6.07, 6.45) is 0.715. The molecule has 4 nitrogen and oxygen atoms in total. The van der Waals surface area contributed by atoms with E-state index >= 15 is 0 Å². The first-order chi connectivity index (χ1) is 9.97. The molecule has 1 atom stereocenters. The molecule has 22 heavy (non-hydrogen) atoms. The Bertz CT molecular complexity index is 606. The van der Waals surface area contributed by atoms with Crippen molar-refractivity contribution in [1.29, 1.82) is 5.41 Å². The summed E-state index contributed by atoms with van der Waals surface area (Å²) in [6.45, 7) is 0. The van der Waals surface area contributed by atoms with Crippen molar-refractivity contribution >= 4 is 29.6 Å². The Hall–Kier alpha value is -2.20. The zero-order valence-electron chi connectivity index (χ0n) is 12.9. The Morgan fingerprint density at radius 3 is 2.05 bits per heavy atom. The number of nitrogens with zero attached hydrogens (tertiary/aromatic N) is 1. The fourth-order valence-electron chi connectivity index (χ4n) is 2.30. The average molecular weight is 319 g/mol. The number of nitrogens with two attached hydrogens (primary N) is 2. The fourth-order valence-corrected chi connectivity index (χ4v) is 2.30. The van der Waals surface area contributed by atoms with E-state index in [2.05, 4.69) is 29.2 Å².